The van der Waals surface area contributed by atoms with Crippen LogP contribution in [-0.4, -0.2) is 27.7 Å². The van der Waals surface area contributed by atoms with Crippen LogP contribution in [0.15, 0.2) is 47.0 Å². The van der Waals surface area contributed by atoms with Gasteiger partial charge in [-0.15, -0.1) is 5.10 Å². The van der Waals surface area contributed by atoms with E-state index in [1.807, 2.05) is 0 Å². The van der Waals surface area contributed by atoms with E-state index >= 15 is 0 Å². The van der Waals surface area contributed by atoms with Gasteiger partial charge in [0.25, 0.3) is 0 Å². The molecule has 0 unspecified atom stereocenters. The van der Waals surface area contributed by atoms with Crippen LogP contribution in [0.5, 0.6) is 5.88 Å². The average Bonchev–Trinajstić information content (AvgIpc) is 3.16. The lowest BCUT2D eigenvalue weighted by atomic mass is 10.2. The zero-order chi connectivity index (χ0) is 15.8. The summed E-state index contributed by atoms with van der Waals surface area (Å²) in [5.74, 6) is 0.594. The highest BCUT2D eigenvalue weighted by Crippen LogP contribution is 2.29. The van der Waals surface area contributed by atoms with Crippen LogP contribution in [0, 0.1) is 5.82 Å². The number of ether oxygens (including phenoxy) is 1. The van der Waals surface area contributed by atoms with Gasteiger partial charge >= 0.3 is 0 Å². The molecule has 116 valence electrons. The number of nitrogens with two attached hydrogens (primary N) is 1. The summed E-state index contributed by atoms with van der Waals surface area (Å²) in [4.78, 5) is 4.28. The molecule has 3 heterocycles. The summed E-state index contributed by atoms with van der Waals surface area (Å²) in [6.45, 7) is 0.776. The molecule has 0 fully saturated rings. The minimum atomic E-state index is -0.328. The lowest BCUT2D eigenvalue weighted by Gasteiger charge is -2.04. The fraction of sp³-hybridized carbons (Fsp3) is 0.125. The van der Waals surface area contributed by atoms with Crippen molar-refractivity contribution in [1.29, 1.82) is 0 Å². The van der Waals surface area contributed by atoms with Gasteiger partial charge in [0.05, 0.1) is 11.6 Å². The van der Waals surface area contributed by atoms with E-state index in [4.69, 9.17) is 14.9 Å². The van der Waals surface area contributed by atoms with Crippen LogP contribution >= 0.6 is 0 Å². The van der Waals surface area contributed by atoms with Crippen molar-refractivity contribution in [3.63, 3.8) is 0 Å². The molecule has 0 saturated heterocycles. The summed E-state index contributed by atoms with van der Waals surface area (Å²) in [5, 5.41) is 4.79. The highest BCUT2D eigenvalue weighted by molar-refractivity contribution is 5.83. The Morgan fingerprint density at radius 3 is 3.00 bits per heavy atom. The number of aromatic nitrogens is 3. The molecule has 7 heteroatoms. The van der Waals surface area contributed by atoms with Crippen molar-refractivity contribution in [3.05, 3.63) is 48.4 Å². The third-order valence-corrected chi connectivity index (χ3v) is 3.47. The zero-order valence-corrected chi connectivity index (χ0v) is 12.1. The third kappa shape index (κ3) is 2.31. The molecule has 0 bridgehead atoms. The smallest absolute Gasteiger partial charge is 0.231 e. The molecular weight excluding hydrogens is 299 g/mol. The molecule has 0 aliphatic heterocycles. The lowest BCUT2D eigenvalue weighted by Crippen LogP contribution is -2.12. The summed E-state index contributed by atoms with van der Waals surface area (Å²) >= 11 is 0. The van der Waals surface area contributed by atoms with Gasteiger partial charge in [-0.05, 0) is 24.3 Å². The number of nitrogens with zero attached hydrogens (tertiary/aromatic N) is 3. The highest BCUT2D eigenvalue weighted by atomic mass is 19.1. The minimum absolute atomic E-state index is 0.328. The van der Waals surface area contributed by atoms with Gasteiger partial charge in [-0.25, -0.2) is 13.9 Å². The number of benzene rings is 1. The largest absolute Gasteiger partial charge is 0.475 e. The normalized spacial score (nSPS) is 11.4. The maximum atomic E-state index is 13.8. The van der Waals surface area contributed by atoms with Gasteiger partial charge in [-0.2, -0.15) is 0 Å². The molecule has 4 aromatic rings. The Hall–Kier alpha value is -2.93. The van der Waals surface area contributed by atoms with Crippen LogP contribution < -0.4 is 10.5 Å². The molecule has 0 aliphatic rings. The number of hydrogen-bond donors (Lipinski definition) is 1. The maximum absolute atomic E-state index is 13.8. The summed E-state index contributed by atoms with van der Waals surface area (Å²) in [6.07, 6.45) is 1.63. The molecule has 3 aromatic heterocycles. The standard InChI is InChI=1S/C16H13FN4O2/c17-11-2-1-3-13-10(11)8-14(23-13)12-9-19-15-4-5-16(20-21(12)15)22-7-6-18/h1-5,8-9H,6-7,18H2. The molecule has 0 saturated carbocycles. The predicted molar refractivity (Wildman–Crippen MR) is 82.7 cm³/mol. The van der Waals surface area contributed by atoms with Crippen molar-refractivity contribution in [3.8, 4) is 17.3 Å². The van der Waals surface area contributed by atoms with Crippen molar-refractivity contribution < 1.29 is 13.5 Å². The Labute approximate surface area is 130 Å². The van der Waals surface area contributed by atoms with Crippen LogP contribution in [0.25, 0.3) is 28.1 Å². The van der Waals surface area contributed by atoms with E-state index in [2.05, 4.69) is 10.1 Å². The van der Waals surface area contributed by atoms with Gasteiger partial charge in [0.2, 0.25) is 5.88 Å². The second-order valence-corrected chi connectivity index (χ2v) is 4.98. The highest BCUT2D eigenvalue weighted by Gasteiger charge is 2.14. The predicted octanol–water partition coefficient (Wildman–Crippen LogP) is 2.62. The molecule has 6 nitrogen and oxygen atoms in total. The number of hydrogen-bond acceptors (Lipinski definition) is 5. The molecule has 0 radical (unpaired) electrons. The van der Waals surface area contributed by atoms with Gasteiger partial charge in [-0.1, -0.05) is 6.07 Å². The van der Waals surface area contributed by atoms with Crippen molar-refractivity contribution in [1.82, 2.24) is 14.6 Å². The Morgan fingerprint density at radius 2 is 2.17 bits per heavy atom. The van der Waals surface area contributed by atoms with Gasteiger partial charge in [-0.3, -0.25) is 0 Å². The first kappa shape index (κ1) is 13.7. The fourth-order valence-corrected chi connectivity index (χ4v) is 2.42. The molecular formula is C16H13FN4O2. The molecule has 0 atom stereocenters. The molecule has 0 aliphatic carbocycles. The van der Waals surface area contributed by atoms with Crippen molar-refractivity contribution in [2.45, 2.75) is 0 Å². The summed E-state index contributed by atoms with van der Waals surface area (Å²) < 4.78 is 26.6. The molecule has 23 heavy (non-hydrogen) atoms. The first-order chi connectivity index (χ1) is 11.3. The first-order valence-electron chi connectivity index (χ1n) is 7.12. The van der Waals surface area contributed by atoms with Gasteiger partial charge in [0.15, 0.2) is 11.4 Å². The van der Waals surface area contributed by atoms with E-state index in [1.54, 1.807) is 41.0 Å². The lowest BCUT2D eigenvalue weighted by molar-refractivity contribution is 0.310. The van der Waals surface area contributed by atoms with E-state index in [9.17, 15) is 4.39 Å². The van der Waals surface area contributed by atoms with Gasteiger partial charge in [0.1, 0.15) is 23.7 Å². The van der Waals surface area contributed by atoms with E-state index in [-0.39, 0.29) is 5.82 Å². The van der Waals surface area contributed by atoms with Crippen LogP contribution in [-0.2, 0) is 0 Å². The van der Waals surface area contributed by atoms with E-state index in [1.165, 1.54) is 6.07 Å². The van der Waals surface area contributed by atoms with Crippen molar-refractivity contribution in [2.24, 2.45) is 5.73 Å². The van der Waals surface area contributed by atoms with E-state index in [0.29, 0.717) is 47.1 Å². The fourth-order valence-electron chi connectivity index (χ4n) is 2.42. The molecule has 0 spiro atoms. The number of imidazole rings is 1. The van der Waals surface area contributed by atoms with Crippen molar-refractivity contribution >= 4 is 16.6 Å². The number of fused-ring (bicyclic) bond motifs is 2. The minimum Gasteiger partial charge on any atom is -0.475 e. The van der Waals surface area contributed by atoms with E-state index in [0.717, 1.165) is 0 Å². The second kappa shape index (κ2) is 5.36. The van der Waals surface area contributed by atoms with Crippen molar-refractivity contribution in [2.75, 3.05) is 13.2 Å². The van der Waals surface area contributed by atoms with Crippen LogP contribution in [0.1, 0.15) is 0 Å². The van der Waals surface area contributed by atoms with Gasteiger partial charge in [0, 0.05) is 12.6 Å². The average molecular weight is 312 g/mol. The number of furan rings is 1. The monoisotopic (exact) mass is 312 g/mol. The summed E-state index contributed by atoms with van der Waals surface area (Å²) in [7, 11) is 0. The number of halogens is 1. The quantitative estimate of drug-likeness (QED) is 0.626. The topological polar surface area (TPSA) is 78.6 Å². The van der Waals surface area contributed by atoms with Crippen LogP contribution in [0.2, 0.25) is 0 Å². The Balaban J connectivity index is 1.84. The number of rotatable bonds is 4. The Kier molecular flexibility index (Phi) is 3.20. The first-order valence-corrected chi connectivity index (χ1v) is 7.12. The molecule has 1 aromatic carbocycles. The molecule has 4 rings (SSSR count). The Morgan fingerprint density at radius 1 is 1.26 bits per heavy atom. The Bertz CT molecular complexity index is 992. The summed E-state index contributed by atoms with van der Waals surface area (Å²) in [6, 6.07) is 9.87. The van der Waals surface area contributed by atoms with E-state index < -0.39 is 0 Å². The third-order valence-electron chi connectivity index (χ3n) is 3.47. The maximum Gasteiger partial charge on any atom is 0.231 e. The molecule has 2 N–H and O–H groups in total. The zero-order valence-electron chi connectivity index (χ0n) is 12.1. The van der Waals surface area contributed by atoms with Gasteiger partial charge < -0.3 is 14.9 Å². The summed E-state index contributed by atoms with van der Waals surface area (Å²) in [5.41, 5.74) is 7.16. The molecule has 0 amide bonds. The van der Waals surface area contributed by atoms with Crippen LogP contribution in [0.4, 0.5) is 4.39 Å². The van der Waals surface area contributed by atoms with Crippen LogP contribution in [0.3, 0.4) is 0 Å². The SMILES string of the molecule is NCCOc1ccc2ncc(-c3cc4c(F)cccc4o3)n2n1. The second-order valence-electron chi connectivity index (χ2n) is 4.98.